The zero-order valence-corrected chi connectivity index (χ0v) is 21.6. The zero-order chi connectivity index (χ0) is 25.8. The van der Waals surface area contributed by atoms with Gasteiger partial charge in [-0.25, -0.2) is 23.7 Å². The minimum atomic E-state index is -1.62. The molecule has 0 spiro atoms. The molecule has 1 aliphatic rings. The molecular formula is C27H32FN7O. The van der Waals surface area contributed by atoms with Crippen LogP contribution < -0.4 is 16.2 Å². The molecule has 0 atom stereocenters. The summed E-state index contributed by atoms with van der Waals surface area (Å²) in [6.07, 6.45) is 2.48. The third kappa shape index (κ3) is 4.17. The number of pyridine rings is 1. The van der Waals surface area contributed by atoms with Gasteiger partial charge in [0.15, 0.2) is 11.5 Å². The number of fused-ring (bicyclic) bond motifs is 2. The van der Waals surface area contributed by atoms with Crippen LogP contribution >= 0.6 is 0 Å². The molecule has 4 aromatic rings. The summed E-state index contributed by atoms with van der Waals surface area (Å²) in [5, 5.41) is 7.22. The lowest BCUT2D eigenvalue weighted by molar-refractivity contribution is 0.214. The van der Waals surface area contributed by atoms with Gasteiger partial charge in [0.25, 0.3) is 5.56 Å². The Balaban J connectivity index is 1.61. The Morgan fingerprint density at radius 2 is 1.94 bits per heavy atom. The summed E-state index contributed by atoms with van der Waals surface area (Å²) >= 11 is 0. The van der Waals surface area contributed by atoms with Crippen molar-refractivity contribution in [3.8, 4) is 5.82 Å². The summed E-state index contributed by atoms with van der Waals surface area (Å²) in [5.74, 6) is 0.791. The van der Waals surface area contributed by atoms with Crippen molar-refractivity contribution >= 4 is 22.7 Å². The molecule has 0 saturated carbocycles. The van der Waals surface area contributed by atoms with E-state index in [0.29, 0.717) is 22.8 Å². The molecular weight excluding hydrogens is 457 g/mol. The lowest BCUT2D eigenvalue weighted by Gasteiger charge is -2.34. The quantitative estimate of drug-likeness (QED) is 0.415. The normalized spacial score (nSPS) is 15.3. The van der Waals surface area contributed by atoms with Crippen LogP contribution in [0.2, 0.25) is 0 Å². The molecule has 5 rings (SSSR count). The van der Waals surface area contributed by atoms with E-state index in [2.05, 4.69) is 46.6 Å². The van der Waals surface area contributed by atoms with E-state index in [1.807, 2.05) is 19.9 Å². The van der Waals surface area contributed by atoms with Crippen LogP contribution in [-0.2, 0) is 17.6 Å². The highest BCUT2D eigenvalue weighted by molar-refractivity contribution is 5.77. The maximum absolute atomic E-state index is 14.7. The maximum Gasteiger partial charge on any atom is 0.278 e. The van der Waals surface area contributed by atoms with Crippen LogP contribution in [0, 0.1) is 0 Å². The number of anilines is 2. The smallest absolute Gasteiger partial charge is 0.278 e. The fourth-order valence-electron chi connectivity index (χ4n) is 4.84. The molecule has 0 aliphatic carbocycles. The molecule has 8 nitrogen and oxygen atoms in total. The van der Waals surface area contributed by atoms with Crippen molar-refractivity contribution in [3.05, 3.63) is 69.8 Å². The first-order valence-electron chi connectivity index (χ1n) is 12.3. The van der Waals surface area contributed by atoms with Crippen LogP contribution in [-0.4, -0.2) is 30.9 Å². The number of halogens is 1. The molecule has 0 radical (unpaired) electrons. The molecule has 3 aromatic heterocycles. The Morgan fingerprint density at radius 3 is 2.67 bits per heavy atom. The van der Waals surface area contributed by atoms with E-state index in [-0.39, 0.29) is 22.8 Å². The van der Waals surface area contributed by atoms with E-state index in [1.165, 1.54) is 31.2 Å². The summed E-state index contributed by atoms with van der Waals surface area (Å²) in [4.78, 5) is 27.0. The number of hydrogen-bond donors (Lipinski definition) is 2. The minimum absolute atomic E-state index is 0.0763. The highest BCUT2D eigenvalue weighted by Crippen LogP contribution is 2.31. The number of alkyl halides is 1. The fraction of sp³-hybridized carbons (Fsp3) is 0.407. The number of nitrogens with one attached hydrogen (secondary N) is 2. The van der Waals surface area contributed by atoms with E-state index in [0.717, 1.165) is 18.7 Å². The highest BCUT2D eigenvalue weighted by atomic mass is 19.1. The number of rotatable bonds is 5. The molecule has 0 fully saturated rings. The van der Waals surface area contributed by atoms with Crippen LogP contribution in [0.1, 0.15) is 64.4 Å². The van der Waals surface area contributed by atoms with E-state index in [9.17, 15) is 9.18 Å². The van der Waals surface area contributed by atoms with Gasteiger partial charge in [-0.3, -0.25) is 4.79 Å². The molecule has 0 amide bonds. The van der Waals surface area contributed by atoms with Crippen molar-refractivity contribution in [2.45, 2.75) is 65.2 Å². The largest absolute Gasteiger partial charge is 0.324 e. The van der Waals surface area contributed by atoms with Gasteiger partial charge in [0, 0.05) is 23.5 Å². The molecule has 2 N–H and O–H groups in total. The summed E-state index contributed by atoms with van der Waals surface area (Å²) in [7, 11) is 0. The van der Waals surface area contributed by atoms with Crippen molar-refractivity contribution < 1.29 is 4.39 Å². The molecule has 0 unspecified atom stereocenters. The van der Waals surface area contributed by atoms with Gasteiger partial charge in [-0.2, -0.15) is 4.98 Å². The number of hydrogen-bond acceptors (Lipinski definition) is 6. The summed E-state index contributed by atoms with van der Waals surface area (Å²) in [5.41, 5.74) is 2.21. The first-order valence-corrected chi connectivity index (χ1v) is 12.3. The standard InChI is InChI=1S/C27H32FN7O/c1-16(2)34-24(36)19-15-29-25(31-18-10-11-20-17(14-18)12-13-30-27(20,5)6)33-23(19)35(34)22-9-7-8-21(32-22)26(3,4)28/h7-11,14-16,30H,12-13H2,1-6H3,(H,29,31,33). The van der Waals surface area contributed by atoms with E-state index >= 15 is 0 Å². The van der Waals surface area contributed by atoms with Crippen LogP contribution in [0.25, 0.3) is 16.9 Å². The van der Waals surface area contributed by atoms with E-state index in [1.54, 1.807) is 27.6 Å². The van der Waals surface area contributed by atoms with Crippen LogP contribution in [0.3, 0.4) is 0 Å². The predicted octanol–water partition coefficient (Wildman–Crippen LogP) is 4.89. The Morgan fingerprint density at radius 1 is 1.17 bits per heavy atom. The lowest BCUT2D eigenvalue weighted by atomic mass is 9.85. The highest BCUT2D eigenvalue weighted by Gasteiger charge is 2.27. The van der Waals surface area contributed by atoms with Crippen LogP contribution in [0.5, 0.6) is 0 Å². The van der Waals surface area contributed by atoms with Crippen LogP contribution in [0.15, 0.2) is 47.4 Å². The van der Waals surface area contributed by atoms with E-state index in [4.69, 9.17) is 4.98 Å². The van der Waals surface area contributed by atoms with Gasteiger partial charge in [-0.1, -0.05) is 12.1 Å². The third-order valence-electron chi connectivity index (χ3n) is 6.67. The van der Waals surface area contributed by atoms with Gasteiger partial charge >= 0.3 is 0 Å². The predicted molar refractivity (Wildman–Crippen MR) is 140 cm³/mol. The molecule has 4 heterocycles. The Hall–Kier alpha value is -3.59. The zero-order valence-electron chi connectivity index (χ0n) is 21.6. The minimum Gasteiger partial charge on any atom is -0.324 e. The van der Waals surface area contributed by atoms with Crippen molar-refractivity contribution in [2.24, 2.45) is 0 Å². The second-order valence-electron chi connectivity index (χ2n) is 10.6. The molecule has 9 heteroatoms. The van der Waals surface area contributed by atoms with Crippen molar-refractivity contribution in [1.29, 1.82) is 0 Å². The number of benzene rings is 1. The fourth-order valence-corrected chi connectivity index (χ4v) is 4.84. The number of aromatic nitrogens is 5. The summed E-state index contributed by atoms with van der Waals surface area (Å²) in [6, 6.07) is 11.2. The third-order valence-corrected chi connectivity index (χ3v) is 6.67. The van der Waals surface area contributed by atoms with E-state index < -0.39 is 5.67 Å². The summed E-state index contributed by atoms with van der Waals surface area (Å²) < 4.78 is 17.9. The molecule has 0 saturated heterocycles. The van der Waals surface area contributed by atoms with Crippen molar-refractivity contribution in [3.63, 3.8) is 0 Å². The van der Waals surface area contributed by atoms with Gasteiger partial charge in [0.1, 0.15) is 11.1 Å². The first-order chi connectivity index (χ1) is 17.0. The molecule has 1 aliphatic heterocycles. The Kier molecular flexibility index (Phi) is 5.70. The Labute approximate surface area is 209 Å². The average Bonchev–Trinajstić information content (AvgIpc) is 3.10. The monoisotopic (exact) mass is 489 g/mol. The van der Waals surface area contributed by atoms with Gasteiger partial charge in [0.05, 0.1) is 5.69 Å². The SMILES string of the molecule is CC(C)n1c(=O)c2cnc(Nc3ccc4c(c3)CCNC4(C)C)nc2n1-c1cccc(C(C)(C)F)n1. The maximum atomic E-state index is 14.7. The van der Waals surface area contributed by atoms with Gasteiger partial charge in [-0.05, 0) is 89.9 Å². The Bertz CT molecular complexity index is 1510. The molecule has 36 heavy (non-hydrogen) atoms. The average molecular weight is 490 g/mol. The second-order valence-corrected chi connectivity index (χ2v) is 10.6. The molecule has 1 aromatic carbocycles. The number of nitrogens with zero attached hydrogens (tertiary/aromatic N) is 5. The van der Waals surface area contributed by atoms with Gasteiger partial charge in [0.2, 0.25) is 5.95 Å². The molecule has 188 valence electrons. The summed E-state index contributed by atoms with van der Waals surface area (Å²) in [6.45, 7) is 12.0. The lowest BCUT2D eigenvalue weighted by Crippen LogP contribution is -2.42. The van der Waals surface area contributed by atoms with Gasteiger partial charge in [-0.15, -0.1) is 0 Å². The van der Waals surface area contributed by atoms with Crippen molar-refractivity contribution in [1.82, 2.24) is 29.6 Å². The van der Waals surface area contributed by atoms with Crippen LogP contribution in [0.4, 0.5) is 16.0 Å². The topological polar surface area (TPSA) is 89.7 Å². The first kappa shape index (κ1) is 24.1. The van der Waals surface area contributed by atoms with Crippen molar-refractivity contribution in [2.75, 3.05) is 11.9 Å². The second kappa shape index (κ2) is 8.51. The van der Waals surface area contributed by atoms with Gasteiger partial charge < -0.3 is 10.6 Å². The molecule has 0 bridgehead atoms.